The number of carbonyl (C=O) groups is 1. The minimum atomic E-state index is -1.03. The number of carboxylic acid groups (broad SMARTS) is 1. The molecule has 6 nitrogen and oxygen atoms in total. The molecule has 0 saturated carbocycles. The van der Waals surface area contributed by atoms with E-state index in [1.54, 1.807) is 7.11 Å². The van der Waals surface area contributed by atoms with Crippen LogP contribution in [0.2, 0.25) is 0 Å². The van der Waals surface area contributed by atoms with Gasteiger partial charge in [0.25, 0.3) is 0 Å². The van der Waals surface area contributed by atoms with Crippen LogP contribution in [0.1, 0.15) is 16.8 Å². The summed E-state index contributed by atoms with van der Waals surface area (Å²) in [6, 6.07) is 1.41. The van der Waals surface area contributed by atoms with Crippen LogP contribution in [0.15, 0.2) is 12.3 Å². The molecule has 0 unspecified atom stereocenters. The summed E-state index contributed by atoms with van der Waals surface area (Å²) in [5.41, 5.74) is 6.23. The highest BCUT2D eigenvalue weighted by molar-refractivity contribution is 5.89. The predicted molar refractivity (Wildman–Crippen MR) is 65.4 cm³/mol. The summed E-state index contributed by atoms with van der Waals surface area (Å²) in [7, 11) is 3.50. The third-order valence-electron chi connectivity index (χ3n) is 2.35. The molecule has 0 bridgehead atoms. The average Bonchev–Trinajstić information content (AvgIpc) is 2.28. The Morgan fingerprint density at radius 2 is 2.35 bits per heavy atom. The van der Waals surface area contributed by atoms with Gasteiger partial charge in [0.05, 0.1) is 11.3 Å². The molecule has 0 aliphatic heterocycles. The maximum atomic E-state index is 10.7. The quantitative estimate of drug-likeness (QED) is 0.715. The largest absolute Gasteiger partial charge is 0.478 e. The van der Waals surface area contributed by atoms with E-state index in [-0.39, 0.29) is 5.56 Å². The summed E-state index contributed by atoms with van der Waals surface area (Å²) in [6.07, 6.45) is 2.16. The summed E-state index contributed by atoms with van der Waals surface area (Å²) in [5.74, 6) is -0.441. The van der Waals surface area contributed by atoms with Gasteiger partial charge >= 0.3 is 5.97 Å². The lowest BCUT2D eigenvalue weighted by Gasteiger charge is -2.19. The van der Waals surface area contributed by atoms with Gasteiger partial charge in [-0.1, -0.05) is 0 Å². The summed E-state index contributed by atoms with van der Waals surface area (Å²) < 4.78 is 4.95. The standard InChI is InChI=1S/C11H17N3O3/c1-14(4-3-5-17-2)10-9(12)6-8(7-13-10)11(15)16/h6-7H,3-5,12H2,1-2H3,(H,15,16). The van der Waals surface area contributed by atoms with E-state index in [1.807, 2.05) is 11.9 Å². The number of nitrogen functional groups attached to an aromatic ring is 1. The van der Waals surface area contributed by atoms with Crippen LogP contribution in [-0.2, 0) is 4.74 Å². The molecule has 94 valence electrons. The lowest BCUT2D eigenvalue weighted by molar-refractivity contribution is 0.0696. The van der Waals surface area contributed by atoms with Crippen molar-refractivity contribution in [3.63, 3.8) is 0 Å². The molecule has 0 atom stereocenters. The molecule has 0 fully saturated rings. The van der Waals surface area contributed by atoms with Gasteiger partial charge in [0, 0.05) is 33.5 Å². The molecule has 0 aliphatic carbocycles. The van der Waals surface area contributed by atoms with Gasteiger partial charge in [-0.2, -0.15) is 0 Å². The zero-order valence-electron chi connectivity index (χ0n) is 10.0. The molecule has 1 heterocycles. The molecule has 1 rings (SSSR count). The first-order valence-electron chi connectivity index (χ1n) is 5.25. The number of anilines is 2. The fraction of sp³-hybridized carbons (Fsp3) is 0.455. The zero-order chi connectivity index (χ0) is 12.8. The Hall–Kier alpha value is -1.82. The molecular weight excluding hydrogens is 222 g/mol. The van der Waals surface area contributed by atoms with Gasteiger partial charge in [0.15, 0.2) is 5.82 Å². The molecule has 0 saturated heterocycles. The number of carboxylic acids is 1. The van der Waals surface area contributed by atoms with Crippen LogP contribution in [0, 0.1) is 0 Å². The van der Waals surface area contributed by atoms with E-state index in [4.69, 9.17) is 15.6 Å². The van der Waals surface area contributed by atoms with Crippen molar-refractivity contribution in [2.24, 2.45) is 0 Å². The van der Waals surface area contributed by atoms with Crippen molar-refractivity contribution in [2.45, 2.75) is 6.42 Å². The molecule has 0 spiro atoms. The summed E-state index contributed by atoms with van der Waals surface area (Å²) in [5, 5.41) is 8.79. The first-order chi connectivity index (χ1) is 8.06. The van der Waals surface area contributed by atoms with Crippen molar-refractivity contribution in [3.8, 4) is 0 Å². The zero-order valence-corrected chi connectivity index (χ0v) is 10.0. The first-order valence-corrected chi connectivity index (χ1v) is 5.25. The highest BCUT2D eigenvalue weighted by Gasteiger charge is 2.10. The van der Waals surface area contributed by atoms with E-state index in [0.29, 0.717) is 18.1 Å². The molecule has 0 aliphatic rings. The Labute approximate surface area is 100 Å². The fourth-order valence-corrected chi connectivity index (χ4v) is 1.46. The van der Waals surface area contributed by atoms with Gasteiger partial charge in [-0.05, 0) is 12.5 Å². The number of aromatic carboxylic acids is 1. The summed E-state index contributed by atoms with van der Waals surface area (Å²) >= 11 is 0. The molecule has 0 radical (unpaired) electrons. The van der Waals surface area contributed by atoms with E-state index >= 15 is 0 Å². The van der Waals surface area contributed by atoms with Gasteiger partial charge < -0.3 is 20.5 Å². The van der Waals surface area contributed by atoms with Crippen molar-refractivity contribution in [1.29, 1.82) is 0 Å². The number of aromatic nitrogens is 1. The number of methoxy groups -OCH3 is 1. The molecular formula is C11H17N3O3. The summed E-state index contributed by atoms with van der Waals surface area (Å²) in [4.78, 5) is 16.7. The molecule has 0 aromatic carbocycles. The van der Waals surface area contributed by atoms with E-state index in [0.717, 1.165) is 13.0 Å². The number of nitrogens with zero attached hydrogens (tertiary/aromatic N) is 2. The monoisotopic (exact) mass is 239 g/mol. The van der Waals surface area contributed by atoms with Crippen molar-refractivity contribution in [2.75, 3.05) is 37.9 Å². The van der Waals surface area contributed by atoms with Crippen molar-refractivity contribution >= 4 is 17.5 Å². The second-order valence-corrected chi connectivity index (χ2v) is 3.71. The molecule has 3 N–H and O–H groups in total. The third kappa shape index (κ3) is 3.60. The average molecular weight is 239 g/mol. The Balaban J connectivity index is 2.74. The van der Waals surface area contributed by atoms with E-state index in [2.05, 4.69) is 4.98 Å². The van der Waals surface area contributed by atoms with Gasteiger partial charge in [-0.15, -0.1) is 0 Å². The Bertz CT molecular complexity index is 396. The van der Waals surface area contributed by atoms with Crippen molar-refractivity contribution in [3.05, 3.63) is 17.8 Å². The van der Waals surface area contributed by atoms with E-state index in [1.165, 1.54) is 12.3 Å². The Morgan fingerprint density at radius 1 is 1.65 bits per heavy atom. The van der Waals surface area contributed by atoms with E-state index < -0.39 is 5.97 Å². The Morgan fingerprint density at radius 3 is 2.88 bits per heavy atom. The molecule has 1 aromatic rings. The first kappa shape index (κ1) is 13.2. The second-order valence-electron chi connectivity index (χ2n) is 3.71. The van der Waals surface area contributed by atoms with Crippen LogP contribution in [0.3, 0.4) is 0 Å². The molecule has 17 heavy (non-hydrogen) atoms. The van der Waals surface area contributed by atoms with E-state index in [9.17, 15) is 4.79 Å². The van der Waals surface area contributed by atoms with Crippen LogP contribution < -0.4 is 10.6 Å². The van der Waals surface area contributed by atoms with Crippen molar-refractivity contribution < 1.29 is 14.6 Å². The number of ether oxygens (including phenoxy) is 1. The number of pyridine rings is 1. The highest BCUT2D eigenvalue weighted by Crippen LogP contribution is 2.20. The van der Waals surface area contributed by atoms with Gasteiger partial charge in [0.1, 0.15) is 0 Å². The lowest BCUT2D eigenvalue weighted by atomic mass is 10.2. The highest BCUT2D eigenvalue weighted by atomic mass is 16.5. The molecule has 6 heteroatoms. The van der Waals surface area contributed by atoms with Crippen molar-refractivity contribution in [1.82, 2.24) is 4.98 Å². The van der Waals surface area contributed by atoms with Crippen LogP contribution in [0.25, 0.3) is 0 Å². The number of hydrogen-bond acceptors (Lipinski definition) is 5. The van der Waals surface area contributed by atoms with Gasteiger partial charge in [-0.3, -0.25) is 0 Å². The molecule has 0 amide bonds. The Kier molecular flexibility index (Phi) is 4.71. The lowest BCUT2D eigenvalue weighted by Crippen LogP contribution is -2.22. The number of rotatable bonds is 6. The van der Waals surface area contributed by atoms with Crippen LogP contribution in [0.4, 0.5) is 11.5 Å². The minimum absolute atomic E-state index is 0.0940. The smallest absolute Gasteiger partial charge is 0.337 e. The maximum absolute atomic E-state index is 10.7. The fourth-order valence-electron chi connectivity index (χ4n) is 1.46. The normalized spacial score (nSPS) is 10.2. The second kappa shape index (κ2) is 6.05. The number of nitrogens with two attached hydrogens (primary N) is 1. The maximum Gasteiger partial charge on any atom is 0.337 e. The SMILES string of the molecule is COCCCN(C)c1ncc(C(=O)O)cc1N. The third-order valence-corrected chi connectivity index (χ3v) is 2.35. The minimum Gasteiger partial charge on any atom is -0.478 e. The summed E-state index contributed by atoms with van der Waals surface area (Å²) in [6.45, 7) is 1.41. The number of hydrogen-bond donors (Lipinski definition) is 2. The van der Waals surface area contributed by atoms with Crippen LogP contribution >= 0.6 is 0 Å². The van der Waals surface area contributed by atoms with Gasteiger partial charge in [0.2, 0.25) is 0 Å². The molecule has 1 aromatic heterocycles. The van der Waals surface area contributed by atoms with Gasteiger partial charge in [-0.25, -0.2) is 9.78 Å². The topological polar surface area (TPSA) is 88.7 Å². The van der Waals surface area contributed by atoms with Crippen LogP contribution in [-0.4, -0.2) is 43.4 Å². The van der Waals surface area contributed by atoms with Crippen LogP contribution in [0.5, 0.6) is 0 Å². The predicted octanol–water partition coefficient (Wildman–Crippen LogP) is 0.835.